The van der Waals surface area contributed by atoms with Gasteiger partial charge in [-0.3, -0.25) is 0 Å². The van der Waals surface area contributed by atoms with Crippen LogP contribution in [0.3, 0.4) is 0 Å². The van der Waals surface area contributed by atoms with Gasteiger partial charge in [-0.15, -0.1) is 0 Å². The third-order valence-electron chi connectivity index (χ3n) is 2.91. The largest absolute Gasteiger partial charge is 0.450 e. The second-order valence-electron chi connectivity index (χ2n) is 4.10. The maximum absolute atomic E-state index is 11.3. The Morgan fingerprint density at radius 3 is 2.73 bits per heavy atom. The van der Waals surface area contributed by atoms with E-state index in [1.807, 2.05) is 6.92 Å². The molecule has 15 heavy (non-hydrogen) atoms. The summed E-state index contributed by atoms with van der Waals surface area (Å²) in [5.74, 6) is 0.767. The lowest BCUT2D eigenvalue weighted by molar-refractivity contribution is 0.113. The van der Waals surface area contributed by atoms with Crippen molar-refractivity contribution in [3.63, 3.8) is 0 Å². The SMILES string of the molecule is CCOC(=O)N(C)CCC1CCNCC1. The van der Waals surface area contributed by atoms with Gasteiger partial charge in [0.25, 0.3) is 0 Å². The quantitative estimate of drug-likeness (QED) is 0.770. The molecule has 0 aliphatic carbocycles. The van der Waals surface area contributed by atoms with Crippen LogP contribution in [0.2, 0.25) is 0 Å². The van der Waals surface area contributed by atoms with E-state index in [1.165, 1.54) is 12.8 Å². The zero-order valence-electron chi connectivity index (χ0n) is 9.79. The smallest absolute Gasteiger partial charge is 0.409 e. The number of carbonyl (C=O) groups excluding carboxylic acids is 1. The summed E-state index contributed by atoms with van der Waals surface area (Å²) in [6, 6.07) is 0. The third-order valence-corrected chi connectivity index (χ3v) is 2.91. The Balaban J connectivity index is 2.14. The van der Waals surface area contributed by atoms with Crippen LogP contribution in [0.1, 0.15) is 26.2 Å². The minimum Gasteiger partial charge on any atom is -0.450 e. The number of carbonyl (C=O) groups is 1. The Morgan fingerprint density at radius 1 is 1.47 bits per heavy atom. The van der Waals surface area contributed by atoms with Crippen LogP contribution >= 0.6 is 0 Å². The number of nitrogens with one attached hydrogen (secondary N) is 1. The molecule has 0 aromatic rings. The molecule has 0 saturated carbocycles. The van der Waals surface area contributed by atoms with E-state index in [-0.39, 0.29) is 6.09 Å². The summed E-state index contributed by atoms with van der Waals surface area (Å²) in [5.41, 5.74) is 0. The summed E-state index contributed by atoms with van der Waals surface area (Å²) in [5, 5.41) is 3.34. The van der Waals surface area contributed by atoms with Gasteiger partial charge in [-0.2, -0.15) is 0 Å². The Kier molecular flexibility index (Phi) is 5.47. The van der Waals surface area contributed by atoms with Crippen molar-refractivity contribution in [1.82, 2.24) is 10.2 Å². The second-order valence-corrected chi connectivity index (χ2v) is 4.10. The molecule has 1 aliphatic heterocycles. The van der Waals surface area contributed by atoms with E-state index in [9.17, 15) is 4.79 Å². The molecule has 0 bridgehead atoms. The second kappa shape index (κ2) is 6.67. The predicted octanol–water partition coefficient (Wildman–Crippen LogP) is 1.46. The zero-order chi connectivity index (χ0) is 11.1. The van der Waals surface area contributed by atoms with Crippen molar-refractivity contribution in [2.24, 2.45) is 5.92 Å². The van der Waals surface area contributed by atoms with E-state index in [2.05, 4.69) is 5.32 Å². The first-order chi connectivity index (χ1) is 7.24. The Hall–Kier alpha value is -0.770. The molecule has 1 N–H and O–H groups in total. The molecule has 0 aromatic heterocycles. The molecule has 1 fully saturated rings. The van der Waals surface area contributed by atoms with Gasteiger partial charge < -0.3 is 15.0 Å². The number of amides is 1. The van der Waals surface area contributed by atoms with E-state index in [4.69, 9.17) is 4.74 Å². The molecule has 1 heterocycles. The lowest BCUT2D eigenvalue weighted by Gasteiger charge is -2.24. The van der Waals surface area contributed by atoms with Crippen LogP contribution in [0.5, 0.6) is 0 Å². The number of hydrogen-bond donors (Lipinski definition) is 1. The predicted molar refractivity (Wildman–Crippen MR) is 59.9 cm³/mol. The number of rotatable bonds is 4. The van der Waals surface area contributed by atoms with Gasteiger partial charge in [0.2, 0.25) is 0 Å². The van der Waals surface area contributed by atoms with Crippen molar-refractivity contribution >= 4 is 6.09 Å². The van der Waals surface area contributed by atoms with Crippen LogP contribution in [0.25, 0.3) is 0 Å². The average molecular weight is 214 g/mol. The molecular weight excluding hydrogens is 192 g/mol. The first kappa shape index (κ1) is 12.3. The summed E-state index contributed by atoms with van der Waals surface area (Å²) < 4.78 is 4.92. The summed E-state index contributed by atoms with van der Waals surface area (Å²) in [6.45, 7) is 5.33. The number of hydrogen-bond acceptors (Lipinski definition) is 3. The van der Waals surface area contributed by atoms with Gasteiger partial charge in [-0.25, -0.2) is 4.79 Å². The lowest BCUT2D eigenvalue weighted by atomic mass is 9.94. The molecule has 0 radical (unpaired) electrons. The van der Waals surface area contributed by atoms with E-state index in [1.54, 1.807) is 11.9 Å². The highest BCUT2D eigenvalue weighted by molar-refractivity contribution is 5.67. The summed E-state index contributed by atoms with van der Waals surface area (Å²) >= 11 is 0. The topological polar surface area (TPSA) is 41.6 Å². The molecule has 1 aliphatic rings. The molecule has 0 unspecified atom stereocenters. The molecule has 88 valence electrons. The number of ether oxygens (including phenoxy) is 1. The molecule has 0 atom stereocenters. The minimum atomic E-state index is -0.202. The van der Waals surface area contributed by atoms with Crippen molar-refractivity contribution < 1.29 is 9.53 Å². The maximum Gasteiger partial charge on any atom is 0.409 e. The van der Waals surface area contributed by atoms with Crippen LogP contribution in [-0.4, -0.2) is 44.3 Å². The first-order valence-electron chi connectivity index (χ1n) is 5.82. The molecule has 4 heteroatoms. The van der Waals surface area contributed by atoms with Gasteiger partial charge in [0.05, 0.1) is 6.61 Å². The van der Waals surface area contributed by atoms with Crippen LogP contribution < -0.4 is 5.32 Å². The Labute approximate surface area is 92.0 Å². The Morgan fingerprint density at radius 2 is 2.13 bits per heavy atom. The first-order valence-corrected chi connectivity index (χ1v) is 5.82. The summed E-state index contributed by atoms with van der Waals surface area (Å²) in [4.78, 5) is 13.0. The van der Waals surface area contributed by atoms with Gasteiger partial charge >= 0.3 is 6.09 Å². The number of piperidine rings is 1. The number of nitrogens with zero attached hydrogens (tertiary/aromatic N) is 1. The van der Waals surface area contributed by atoms with Gasteiger partial charge in [0, 0.05) is 13.6 Å². The molecule has 1 rings (SSSR count). The molecule has 1 saturated heterocycles. The fraction of sp³-hybridized carbons (Fsp3) is 0.909. The van der Waals surface area contributed by atoms with Gasteiger partial charge in [-0.05, 0) is 45.2 Å². The standard InChI is InChI=1S/C11H22N2O2/c1-3-15-11(14)13(2)9-6-10-4-7-12-8-5-10/h10,12H,3-9H2,1-2H3. The minimum absolute atomic E-state index is 0.202. The Bertz CT molecular complexity index is 191. The summed E-state index contributed by atoms with van der Waals surface area (Å²) in [6.07, 6.45) is 3.36. The van der Waals surface area contributed by atoms with Gasteiger partial charge in [-0.1, -0.05) is 0 Å². The maximum atomic E-state index is 11.3. The van der Waals surface area contributed by atoms with Crippen molar-refractivity contribution in [3.05, 3.63) is 0 Å². The van der Waals surface area contributed by atoms with Crippen molar-refractivity contribution in [2.45, 2.75) is 26.2 Å². The normalized spacial score (nSPS) is 17.5. The van der Waals surface area contributed by atoms with Crippen molar-refractivity contribution in [1.29, 1.82) is 0 Å². The molecule has 4 nitrogen and oxygen atoms in total. The van der Waals surface area contributed by atoms with E-state index in [0.717, 1.165) is 32.0 Å². The van der Waals surface area contributed by atoms with Gasteiger partial charge in [0.15, 0.2) is 0 Å². The summed E-state index contributed by atoms with van der Waals surface area (Å²) in [7, 11) is 1.80. The van der Waals surface area contributed by atoms with E-state index in [0.29, 0.717) is 6.61 Å². The van der Waals surface area contributed by atoms with E-state index < -0.39 is 0 Å². The molecular formula is C11H22N2O2. The molecule has 0 aromatic carbocycles. The average Bonchev–Trinajstić information content (AvgIpc) is 2.27. The van der Waals surface area contributed by atoms with Crippen molar-refractivity contribution in [3.8, 4) is 0 Å². The fourth-order valence-electron chi connectivity index (χ4n) is 1.87. The van der Waals surface area contributed by atoms with Crippen LogP contribution in [0.15, 0.2) is 0 Å². The highest BCUT2D eigenvalue weighted by Gasteiger charge is 2.15. The highest BCUT2D eigenvalue weighted by Crippen LogP contribution is 2.15. The van der Waals surface area contributed by atoms with Crippen LogP contribution in [0, 0.1) is 5.92 Å². The third kappa shape index (κ3) is 4.51. The lowest BCUT2D eigenvalue weighted by Crippen LogP contribution is -2.32. The monoisotopic (exact) mass is 214 g/mol. The molecule has 1 amide bonds. The fourth-order valence-corrected chi connectivity index (χ4v) is 1.87. The highest BCUT2D eigenvalue weighted by atomic mass is 16.5. The molecule has 0 spiro atoms. The van der Waals surface area contributed by atoms with Crippen molar-refractivity contribution in [2.75, 3.05) is 33.3 Å². The van der Waals surface area contributed by atoms with Crippen LogP contribution in [-0.2, 0) is 4.74 Å². The zero-order valence-corrected chi connectivity index (χ0v) is 9.79. The van der Waals surface area contributed by atoms with E-state index >= 15 is 0 Å². The van der Waals surface area contributed by atoms with Gasteiger partial charge in [0.1, 0.15) is 0 Å². The van der Waals surface area contributed by atoms with Crippen LogP contribution in [0.4, 0.5) is 4.79 Å².